The smallest absolute Gasteiger partial charge is 0.271 e. The van der Waals surface area contributed by atoms with Gasteiger partial charge in [-0.1, -0.05) is 27.5 Å². The molecule has 0 saturated carbocycles. The molecule has 0 aromatic heterocycles. The number of carbonyl (C=O) groups is 2. The van der Waals surface area contributed by atoms with E-state index in [1.807, 2.05) is 0 Å². The lowest BCUT2D eigenvalue weighted by Crippen LogP contribution is -2.41. The van der Waals surface area contributed by atoms with Crippen LogP contribution in [0, 0.1) is 0 Å². The van der Waals surface area contributed by atoms with Crippen LogP contribution < -0.4 is 10.9 Å². The summed E-state index contributed by atoms with van der Waals surface area (Å²) in [5, 5.41) is 9.41. The third-order valence-electron chi connectivity index (χ3n) is 2.59. The van der Waals surface area contributed by atoms with Gasteiger partial charge in [0.2, 0.25) is 0 Å². The average Bonchev–Trinajstić information content (AvgIpc) is 2.47. The van der Waals surface area contributed by atoms with E-state index in [2.05, 4.69) is 26.8 Å². The Bertz CT molecular complexity index is 689. The van der Waals surface area contributed by atoms with Crippen LogP contribution >= 0.6 is 27.5 Å². The number of hydrogen-bond donors (Lipinski definition) is 3. The Morgan fingerprint density at radius 2 is 1.62 bits per heavy atom. The number of halogens is 2. The minimum absolute atomic E-state index is 0.0523. The second-order valence-corrected chi connectivity index (χ2v) is 5.40. The molecule has 0 unspecified atom stereocenters. The van der Waals surface area contributed by atoms with Gasteiger partial charge in [0.15, 0.2) is 0 Å². The molecular weight excluding hydrogens is 360 g/mol. The van der Waals surface area contributed by atoms with Crippen molar-refractivity contribution in [2.45, 2.75) is 0 Å². The number of hydrogen-bond acceptors (Lipinski definition) is 3. The summed E-state index contributed by atoms with van der Waals surface area (Å²) in [4.78, 5) is 23.7. The third kappa shape index (κ3) is 3.96. The lowest BCUT2D eigenvalue weighted by atomic mass is 10.2. The lowest BCUT2D eigenvalue weighted by Gasteiger charge is -2.09. The van der Waals surface area contributed by atoms with Gasteiger partial charge in [0.1, 0.15) is 5.75 Å². The molecule has 0 heterocycles. The summed E-state index contributed by atoms with van der Waals surface area (Å²) < 4.78 is 0.696. The second kappa shape index (κ2) is 6.60. The van der Waals surface area contributed by atoms with Gasteiger partial charge in [0.05, 0.1) is 10.6 Å². The molecule has 0 aliphatic carbocycles. The minimum Gasteiger partial charge on any atom is -0.508 e. The number of amides is 2. The van der Waals surface area contributed by atoms with Gasteiger partial charge in [-0.3, -0.25) is 20.4 Å². The fourth-order valence-electron chi connectivity index (χ4n) is 1.54. The molecule has 108 valence electrons. The number of benzene rings is 2. The summed E-state index contributed by atoms with van der Waals surface area (Å²) in [7, 11) is 0. The number of phenolic OH excluding ortho intramolecular Hbond substituents is 1. The monoisotopic (exact) mass is 368 g/mol. The van der Waals surface area contributed by atoms with Crippen LogP contribution in [0.15, 0.2) is 46.9 Å². The number of carbonyl (C=O) groups excluding carboxylic acids is 2. The number of aromatic hydroxyl groups is 1. The van der Waals surface area contributed by atoms with Gasteiger partial charge < -0.3 is 5.11 Å². The highest BCUT2D eigenvalue weighted by Crippen LogP contribution is 2.20. The maximum absolute atomic E-state index is 11.9. The molecule has 0 spiro atoms. The standard InChI is InChI=1S/C14H10BrClN2O3/c15-9-3-6-12(16)11(7-9)14(21)18-17-13(20)8-1-4-10(19)5-2-8/h1-7,19H,(H,17,20)(H,18,21). The molecule has 0 radical (unpaired) electrons. The molecule has 2 aromatic carbocycles. The van der Waals surface area contributed by atoms with Gasteiger partial charge in [0, 0.05) is 10.0 Å². The van der Waals surface area contributed by atoms with Crippen molar-refractivity contribution < 1.29 is 14.7 Å². The zero-order valence-electron chi connectivity index (χ0n) is 10.6. The highest BCUT2D eigenvalue weighted by molar-refractivity contribution is 9.10. The fraction of sp³-hybridized carbons (Fsp3) is 0. The summed E-state index contributed by atoms with van der Waals surface area (Å²) in [6.45, 7) is 0. The summed E-state index contributed by atoms with van der Waals surface area (Å²) in [5.41, 5.74) is 5.08. The van der Waals surface area contributed by atoms with Gasteiger partial charge in [-0.05, 0) is 42.5 Å². The maximum Gasteiger partial charge on any atom is 0.271 e. The van der Waals surface area contributed by atoms with Gasteiger partial charge in [-0.2, -0.15) is 0 Å². The zero-order valence-corrected chi connectivity index (χ0v) is 12.9. The molecule has 0 bridgehead atoms. The number of rotatable bonds is 2. The minimum atomic E-state index is -0.534. The van der Waals surface area contributed by atoms with E-state index in [-0.39, 0.29) is 16.3 Å². The van der Waals surface area contributed by atoms with Gasteiger partial charge in [0.25, 0.3) is 11.8 Å². The van der Waals surface area contributed by atoms with E-state index in [1.54, 1.807) is 18.2 Å². The van der Waals surface area contributed by atoms with Crippen LogP contribution in [-0.4, -0.2) is 16.9 Å². The zero-order chi connectivity index (χ0) is 15.4. The third-order valence-corrected chi connectivity index (χ3v) is 3.41. The number of nitrogens with one attached hydrogen (secondary N) is 2. The van der Waals surface area contributed by atoms with Gasteiger partial charge in [-0.25, -0.2) is 0 Å². The van der Waals surface area contributed by atoms with Crippen molar-refractivity contribution >= 4 is 39.3 Å². The van der Waals surface area contributed by atoms with Crippen molar-refractivity contribution in [3.63, 3.8) is 0 Å². The summed E-state index contributed by atoms with van der Waals surface area (Å²) in [6, 6.07) is 10.4. The van der Waals surface area contributed by atoms with Crippen LogP contribution in [0.2, 0.25) is 5.02 Å². The molecule has 3 N–H and O–H groups in total. The average molecular weight is 370 g/mol. The van der Waals surface area contributed by atoms with Crippen LogP contribution in [0.25, 0.3) is 0 Å². The maximum atomic E-state index is 11.9. The van der Waals surface area contributed by atoms with Crippen LogP contribution in [0.4, 0.5) is 0 Å². The van der Waals surface area contributed by atoms with E-state index in [0.29, 0.717) is 10.0 Å². The molecule has 2 amide bonds. The number of hydrazine groups is 1. The Morgan fingerprint density at radius 1 is 1.00 bits per heavy atom. The van der Waals surface area contributed by atoms with Crippen molar-refractivity contribution in [2.75, 3.05) is 0 Å². The quantitative estimate of drug-likeness (QED) is 0.712. The highest BCUT2D eigenvalue weighted by Gasteiger charge is 2.12. The molecule has 5 nitrogen and oxygen atoms in total. The molecule has 0 atom stereocenters. The van der Waals surface area contributed by atoms with Crippen LogP contribution in [0.1, 0.15) is 20.7 Å². The van der Waals surface area contributed by atoms with E-state index >= 15 is 0 Å². The SMILES string of the molecule is O=C(NNC(=O)c1cc(Br)ccc1Cl)c1ccc(O)cc1. The summed E-state index contributed by atoms with van der Waals surface area (Å²) >= 11 is 9.16. The number of phenols is 1. The molecule has 21 heavy (non-hydrogen) atoms. The Morgan fingerprint density at radius 3 is 2.29 bits per heavy atom. The fourth-order valence-corrected chi connectivity index (χ4v) is 2.10. The van der Waals surface area contributed by atoms with E-state index in [0.717, 1.165) is 0 Å². The Hall–Kier alpha value is -2.05. The predicted molar refractivity (Wildman–Crippen MR) is 82.2 cm³/mol. The topological polar surface area (TPSA) is 78.4 Å². The molecule has 7 heteroatoms. The molecule has 0 fully saturated rings. The molecule has 0 aliphatic rings. The largest absolute Gasteiger partial charge is 0.508 e. The first kappa shape index (κ1) is 15.3. The molecule has 2 rings (SSSR count). The van der Waals surface area contributed by atoms with Crippen molar-refractivity contribution in [3.05, 3.63) is 63.1 Å². The van der Waals surface area contributed by atoms with Gasteiger partial charge in [-0.15, -0.1) is 0 Å². The summed E-state index contributed by atoms with van der Waals surface area (Å²) in [5.74, 6) is -0.987. The second-order valence-electron chi connectivity index (χ2n) is 4.08. The molecule has 0 aliphatic heterocycles. The van der Waals surface area contributed by atoms with Gasteiger partial charge >= 0.3 is 0 Å². The predicted octanol–water partition coefficient (Wildman–Crippen LogP) is 2.88. The van der Waals surface area contributed by atoms with Crippen molar-refractivity contribution in [1.82, 2.24) is 10.9 Å². The lowest BCUT2D eigenvalue weighted by molar-refractivity contribution is 0.0846. The summed E-state index contributed by atoms with van der Waals surface area (Å²) in [6.07, 6.45) is 0. The molecule has 2 aromatic rings. The van der Waals surface area contributed by atoms with E-state index in [4.69, 9.17) is 16.7 Å². The first-order valence-electron chi connectivity index (χ1n) is 5.82. The Balaban J connectivity index is 2.02. The first-order valence-corrected chi connectivity index (χ1v) is 6.99. The first-order chi connectivity index (χ1) is 9.97. The molecule has 0 saturated heterocycles. The van der Waals surface area contributed by atoms with Crippen LogP contribution in [0.5, 0.6) is 5.75 Å². The van der Waals surface area contributed by atoms with E-state index < -0.39 is 11.8 Å². The van der Waals surface area contributed by atoms with Crippen LogP contribution in [0.3, 0.4) is 0 Å². The molecular formula is C14H10BrClN2O3. The van der Waals surface area contributed by atoms with Crippen molar-refractivity contribution in [1.29, 1.82) is 0 Å². The normalized spacial score (nSPS) is 10.0. The van der Waals surface area contributed by atoms with E-state index in [9.17, 15) is 9.59 Å². The van der Waals surface area contributed by atoms with Crippen LogP contribution in [-0.2, 0) is 0 Å². The Labute approximate surface area is 134 Å². The van der Waals surface area contributed by atoms with Crippen molar-refractivity contribution in [3.8, 4) is 5.75 Å². The van der Waals surface area contributed by atoms with E-state index in [1.165, 1.54) is 24.3 Å². The Kier molecular flexibility index (Phi) is 4.82. The highest BCUT2D eigenvalue weighted by atomic mass is 79.9. The van der Waals surface area contributed by atoms with Crippen molar-refractivity contribution in [2.24, 2.45) is 0 Å².